The zero-order chi connectivity index (χ0) is 14.5. The molecule has 4 heteroatoms. The third-order valence-electron chi connectivity index (χ3n) is 3.01. The van der Waals surface area contributed by atoms with Gasteiger partial charge in [-0.15, -0.1) is 11.8 Å². The van der Waals surface area contributed by atoms with Gasteiger partial charge in [0.2, 0.25) is 0 Å². The van der Waals surface area contributed by atoms with Crippen molar-refractivity contribution < 1.29 is 0 Å². The standard InChI is InChI=1S/C16H17Cl2NS/c1-3-20-15-10-5-4-9-14(15)19-11(2)12-7-6-8-13(17)16(12)18/h4-11,19H,3H2,1-2H3. The van der Waals surface area contributed by atoms with E-state index in [1.54, 1.807) is 6.07 Å². The average molecular weight is 326 g/mol. The van der Waals surface area contributed by atoms with E-state index >= 15 is 0 Å². The van der Waals surface area contributed by atoms with Crippen LogP contribution in [0.15, 0.2) is 47.4 Å². The molecule has 0 amide bonds. The van der Waals surface area contributed by atoms with Crippen molar-refractivity contribution in [1.29, 1.82) is 0 Å². The van der Waals surface area contributed by atoms with Gasteiger partial charge in [0.1, 0.15) is 0 Å². The normalized spacial score (nSPS) is 12.2. The van der Waals surface area contributed by atoms with Crippen molar-refractivity contribution in [3.05, 3.63) is 58.1 Å². The monoisotopic (exact) mass is 325 g/mol. The first-order chi connectivity index (χ1) is 9.63. The van der Waals surface area contributed by atoms with E-state index < -0.39 is 0 Å². The third-order valence-corrected chi connectivity index (χ3v) is 4.80. The predicted molar refractivity (Wildman–Crippen MR) is 91.3 cm³/mol. The maximum Gasteiger partial charge on any atom is 0.0644 e. The van der Waals surface area contributed by atoms with Crippen LogP contribution in [0, 0.1) is 0 Å². The number of nitrogens with one attached hydrogen (secondary N) is 1. The lowest BCUT2D eigenvalue weighted by molar-refractivity contribution is 0.880. The summed E-state index contributed by atoms with van der Waals surface area (Å²) in [5.74, 6) is 1.05. The minimum Gasteiger partial charge on any atom is -0.378 e. The zero-order valence-corrected chi connectivity index (χ0v) is 13.8. The first kappa shape index (κ1) is 15.6. The highest BCUT2D eigenvalue weighted by Crippen LogP contribution is 2.34. The molecule has 0 aliphatic heterocycles. The van der Waals surface area contributed by atoms with E-state index in [1.165, 1.54) is 4.90 Å². The maximum atomic E-state index is 6.28. The van der Waals surface area contributed by atoms with Gasteiger partial charge in [0.05, 0.1) is 16.1 Å². The van der Waals surface area contributed by atoms with E-state index in [-0.39, 0.29) is 6.04 Å². The van der Waals surface area contributed by atoms with Gasteiger partial charge in [-0.3, -0.25) is 0 Å². The molecular formula is C16H17Cl2NS. The van der Waals surface area contributed by atoms with Crippen molar-refractivity contribution in [2.45, 2.75) is 24.8 Å². The fourth-order valence-corrected chi connectivity index (χ4v) is 3.27. The fraction of sp³-hybridized carbons (Fsp3) is 0.250. The van der Waals surface area contributed by atoms with E-state index in [1.807, 2.05) is 30.0 Å². The Bertz CT molecular complexity index is 586. The summed E-state index contributed by atoms with van der Waals surface area (Å²) < 4.78 is 0. The number of thioether (sulfide) groups is 1. The van der Waals surface area contributed by atoms with Crippen LogP contribution in [-0.2, 0) is 0 Å². The first-order valence-corrected chi connectivity index (χ1v) is 8.30. The Morgan fingerprint density at radius 1 is 1.10 bits per heavy atom. The zero-order valence-electron chi connectivity index (χ0n) is 11.5. The van der Waals surface area contributed by atoms with Crippen molar-refractivity contribution in [2.24, 2.45) is 0 Å². The number of para-hydroxylation sites is 1. The molecule has 0 aliphatic rings. The van der Waals surface area contributed by atoms with E-state index in [0.717, 1.165) is 17.0 Å². The van der Waals surface area contributed by atoms with Crippen LogP contribution in [0.3, 0.4) is 0 Å². The molecule has 1 atom stereocenters. The quantitative estimate of drug-likeness (QED) is 0.649. The van der Waals surface area contributed by atoms with Crippen molar-refractivity contribution in [3.8, 4) is 0 Å². The van der Waals surface area contributed by atoms with E-state index in [0.29, 0.717) is 10.0 Å². The highest BCUT2D eigenvalue weighted by atomic mass is 35.5. The second kappa shape index (κ2) is 7.26. The molecule has 1 nitrogen and oxygen atoms in total. The van der Waals surface area contributed by atoms with Crippen molar-refractivity contribution in [2.75, 3.05) is 11.1 Å². The molecule has 0 fully saturated rings. The summed E-state index contributed by atoms with van der Waals surface area (Å²) in [6.45, 7) is 4.24. The van der Waals surface area contributed by atoms with Crippen LogP contribution in [0.2, 0.25) is 10.0 Å². The van der Waals surface area contributed by atoms with Crippen LogP contribution >= 0.6 is 35.0 Å². The molecule has 20 heavy (non-hydrogen) atoms. The number of benzene rings is 2. The van der Waals surface area contributed by atoms with Gasteiger partial charge < -0.3 is 5.32 Å². The predicted octanol–water partition coefficient (Wildman–Crippen LogP) is 6.28. The minimum atomic E-state index is 0.0970. The number of rotatable bonds is 5. The lowest BCUT2D eigenvalue weighted by Gasteiger charge is -2.19. The second-order valence-corrected chi connectivity index (χ2v) is 6.53. The molecule has 2 rings (SSSR count). The number of hydrogen-bond acceptors (Lipinski definition) is 2. The van der Waals surface area contributed by atoms with Crippen LogP contribution in [0.25, 0.3) is 0 Å². The highest BCUT2D eigenvalue weighted by molar-refractivity contribution is 7.99. The summed E-state index contributed by atoms with van der Waals surface area (Å²) in [4.78, 5) is 1.25. The van der Waals surface area contributed by atoms with Gasteiger partial charge in [0, 0.05) is 10.6 Å². The van der Waals surface area contributed by atoms with Crippen molar-refractivity contribution >= 4 is 40.7 Å². The molecule has 2 aromatic carbocycles. The summed E-state index contributed by atoms with van der Waals surface area (Å²) in [5, 5.41) is 4.73. The van der Waals surface area contributed by atoms with E-state index in [4.69, 9.17) is 23.2 Å². The van der Waals surface area contributed by atoms with Crippen LogP contribution in [0.5, 0.6) is 0 Å². The fourth-order valence-electron chi connectivity index (χ4n) is 2.03. The SMILES string of the molecule is CCSc1ccccc1NC(C)c1cccc(Cl)c1Cl. The Labute approximate surface area is 134 Å². The number of anilines is 1. The van der Waals surface area contributed by atoms with Crippen LogP contribution < -0.4 is 5.32 Å². The average Bonchev–Trinajstić information content (AvgIpc) is 2.44. The molecule has 0 aliphatic carbocycles. The Hall–Kier alpha value is -0.830. The van der Waals surface area contributed by atoms with Gasteiger partial charge in [-0.05, 0) is 36.4 Å². The van der Waals surface area contributed by atoms with Gasteiger partial charge in [-0.2, -0.15) is 0 Å². The minimum absolute atomic E-state index is 0.0970. The van der Waals surface area contributed by atoms with Crippen molar-refractivity contribution in [3.63, 3.8) is 0 Å². The van der Waals surface area contributed by atoms with E-state index in [2.05, 4.69) is 37.4 Å². The highest BCUT2D eigenvalue weighted by Gasteiger charge is 2.13. The molecule has 0 saturated heterocycles. The molecule has 0 saturated carbocycles. The molecule has 106 valence electrons. The van der Waals surface area contributed by atoms with Gasteiger partial charge in [0.15, 0.2) is 0 Å². The van der Waals surface area contributed by atoms with E-state index in [9.17, 15) is 0 Å². The van der Waals surface area contributed by atoms with Gasteiger partial charge >= 0.3 is 0 Å². The molecule has 0 bridgehead atoms. The second-order valence-electron chi connectivity index (χ2n) is 4.44. The Balaban J connectivity index is 2.23. The largest absolute Gasteiger partial charge is 0.378 e. The molecule has 0 radical (unpaired) electrons. The van der Waals surface area contributed by atoms with Crippen LogP contribution in [-0.4, -0.2) is 5.75 Å². The summed E-state index contributed by atoms with van der Waals surface area (Å²) in [7, 11) is 0. The Kier molecular flexibility index (Phi) is 5.64. The third kappa shape index (κ3) is 3.63. The summed E-state index contributed by atoms with van der Waals surface area (Å²) in [6, 6.07) is 14.1. The smallest absolute Gasteiger partial charge is 0.0644 e. The van der Waals surface area contributed by atoms with Gasteiger partial charge in [-0.1, -0.05) is 54.4 Å². The molecule has 0 aromatic heterocycles. The molecule has 2 aromatic rings. The van der Waals surface area contributed by atoms with Gasteiger partial charge in [-0.25, -0.2) is 0 Å². The lowest BCUT2D eigenvalue weighted by atomic mass is 10.1. The number of hydrogen-bond donors (Lipinski definition) is 1. The summed E-state index contributed by atoms with van der Waals surface area (Å²) >= 11 is 14.2. The Morgan fingerprint density at radius 3 is 2.60 bits per heavy atom. The molecule has 1 unspecified atom stereocenters. The molecule has 0 heterocycles. The molecule has 1 N–H and O–H groups in total. The van der Waals surface area contributed by atoms with Crippen LogP contribution in [0.1, 0.15) is 25.5 Å². The Morgan fingerprint density at radius 2 is 1.85 bits per heavy atom. The lowest BCUT2D eigenvalue weighted by Crippen LogP contribution is -2.08. The van der Waals surface area contributed by atoms with Crippen molar-refractivity contribution in [1.82, 2.24) is 0 Å². The first-order valence-electron chi connectivity index (χ1n) is 6.55. The summed E-state index contributed by atoms with van der Waals surface area (Å²) in [6.07, 6.45) is 0. The maximum absolute atomic E-state index is 6.28. The van der Waals surface area contributed by atoms with Crippen LogP contribution in [0.4, 0.5) is 5.69 Å². The number of halogens is 2. The summed E-state index contributed by atoms with van der Waals surface area (Å²) in [5.41, 5.74) is 2.14. The van der Waals surface area contributed by atoms with Gasteiger partial charge in [0.25, 0.3) is 0 Å². The molecule has 0 spiro atoms. The molecular weight excluding hydrogens is 309 g/mol. The topological polar surface area (TPSA) is 12.0 Å².